The smallest absolute Gasteiger partial charge is 0.308 e. The molecule has 0 aliphatic carbocycles. The summed E-state index contributed by atoms with van der Waals surface area (Å²) < 4.78 is 0.926. The fourth-order valence-corrected chi connectivity index (χ4v) is 1.80. The van der Waals surface area contributed by atoms with Crippen LogP contribution in [-0.2, 0) is 18.6 Å². The fourth-order valence-electron chi connectivity index (χ4n) is 1.05. The third-order valence-corrected chi connectivity index (χ3v) is 2.48. The van der Waals surface area contributed by atoms with Gasteiger partial charge in [0.2, 0.25) is 5.28 Å². The van der Waals surface area contributed by atoms with Crippen molar-refractivity contribution in [2.45, 2.75) is 0 Å². The van der Waals surface area contributed by atoms with Gasteiger partial charge >= 0.3 is 18.6 Å². The van der Waals surface area contributed by atoms with Gasteiger partial charge in [-0.05, 0) is 11.6 Å². The molecular formula is C10H3BrCl2N2V. The molecule has 1 heterocycles. The Morgan fingerprint density at radius 3 is 2.62 bits per heavy atom. The summed E-state index contributed by atoms with van der Waals surface area (Å²) in [6.07, 6.45) is 0. The van der Waals surface area contributed by atoms with E-state index in [4.69, 9.17) is 23.2 Å². The zero-order valence-corrected chi connectivity index (χ0v) is 12.2. The van der Waals surface area contributed by atoms with E-state index < -0.39 is 0 Å². The molecule has 0 amide bonds. The molecule has 2 rings (SSSR count). The summed E-state index contributed by atoms with van der Waals surface area (Å²) in [6.45, 7) is 0. The monoisotopic (exact) mass is 351 g/mol. The minimum absolute atomic E-state index is 0. The van der Waals surface area contributed by atoms with Gasteiger partial charge in [0.05, 0.1) is 0 Å². The van der Waals surface area contributed by atoms with E-state index in [1.165, 1.54) is 0 Å². The van der Waals surface area contributed by atoms with Crippen molar-refractivity contribution in [2.24, 2.45) is 0 Å². The molecule has 0 saturated heterocycles. The number of hydrogen-bond acceptors (Lipinski definition) is 2. The molecule has 0 fully saturated rings. The predicted molar refractivity (Wildman–Crippen MR) is 62.9 cm³/mol. The Bertz CT molecular complexity index is 488. The van der Waals surface area contributed by atoms with Crippen molar-refractivity contribution in [1.29, 1.82) is 0 Å². The summed E-state index contributed by atoms with van der Waals surface area (Å²) in [4.78, 5) is 7.73. The van der Waals surface area contributed by atoms with Crippen LogP contribution in [-0.4, -0.2) is 9.97 Å². The van der Waals surface area contributed by atoms with Gasteiger partial charge in [-0.1, -0.05) is 32.0 Å². The van der Waals surface area contributed by atoms with Gasteiger partial charge in [0, 0.05) is 5.15 Å². The van der Waals surface area contributed by atoms with Crippen molar-refractivity contribution < 1.29 is 18.6 Å². The first-order valence-electron chi connectivity index (χ1n) is 3.95. The van der Waals surface area contributed by atoms with Gasteiger partial charge in [-0.2, -0.15) is 11.8 Å². The van der Waals surface area contributed by atoms with Gasteiger partial charge in [0.25, 0.3) is 0 Å². The molecule has 1 aromatic carbocycles. The SMILES string of the molecule is Clc1[c-]c(-c2[c-]ccc(Br)c2)nc(Cl)n1.[V+2]. The standard InChI is InChI=1S/C10H3BrCl2N2.V/c11-7-3-1-2-6(4-7)8-5-9(12)15-10(13)14-8;/h1,3-4H;/q-2;+2. The van der Waals surface area contributed by atoms with Crippen LogP contribution in [0.25, 0.3) is 11.3 Å². The van der Waals surface area contributed by atoms with Crippen LogP contribution in [0.3, 0.4) is 0 Å². The van der Waals surface area contributed by atoms with Gasteiger partial charge < -0.3 is 4.98 Å². The largest absolute Gasteiger partial charge is 2.00 e. The van der Waals surface area contributed by atoms with E-state index in [0.29, 0.717) is 5.69 Å². The number of hydrogen-bond donors (Lipinski definition) is 0. The van der Waals surface area contributed by atoms with Crippen LogP contribution in [0.2, 0.25) is 10.4 Å². The fraction of sp³-hybridized carbons (Fsp3) is 0. The van der Waals surface area contributed by atoms with Gasteiger partial charge in [0.1, 0.15) is 0 Å². The Kier molecular flexibility index (Phi) is 5.28. The topological polar surface area (TPSA) is 25.8 Å². The molecule has 0 aliphatic rings. The van der Waals surface area contributed by atoms with Gasteiger partial charge in [-0.3, -0.25) is 5.56 Å². The Hall–Kier alpha value is -0.0556. The normalized spacial score (nSPS) is 9.69. The molecule has 6 heteroatoms. The predicted octanol–water partition coefficient (Wildman–Crippen LogP) is 3.81. The molecule has 79 valence electrons. The van der Waals surface area contributed by atoms with Crippen molar-refractivity contribution in [3.05, 3.63) is 45.2 Å². The van der Waals surface area contributed by atoms with Crippen LogP contribution >= 0.6 is 39.1 Å². The zero-order valence-electron chi connectivity index (χ0n) is 7.71. The average molecular weight is 353 g/mol. The van der Waals surface area contributed by atoms with Gasteiger partial charge in [-0.15, -0.1) is 6.07 Å². The van der Waals surface area contributed by atoms with E-state index >= 15 is 0 Å². The molecule has 1 radical (unpaired) electrons. The maximum Gasteiger partial charge on any atom is 2.00 e. The molecule has 0 unspecified atom stereocenters. The van der Waals surface area contributed by atoms with Gasteiger partial charge in [-0.25, -0.2) is 23.2 Å². The maximum atomic E-state index is 5.72. The second kappa shape index (κ2) is 6.03. The second-order valence-corrected chi connectivity index (χ2v) is 4.29. The molecule has 0 atom stereocenters. The van der Waals surface area contributed by atoms with Crippen LogP contribution in [0, 0.1) is 12.1 Å². The van der Waals surface area contributed by atoms with Gasteiger partial charge in [0.15, 0.2) is 0 Å². The number of benzene rings is 1. The summed E-state index contributed by atoms with van der Waals surface area (Å²) in [7, 11) is 0. The summed E-state index contributed by atoms with van der Waals surface area (Å²) in [6, 6.07) is 11.3. The van der Waals surface area contributed by atoms with E-state index in [0.717, 1.165) is 10.0 Å². The first-order chi connectivity index (χ1) is 7.15. The zero-order chi connectivity index (χ0) is 10.8. The summed E-state index contributed by atoms with van der Waals surface area (Å²) in [5, 5.41) is 0.292. The van der Waals surface area contributed by atoms with Crippen molar-refractivity contribution in [2.75, 3.05) is 0 Å². The van der Waals surface area contributed by atoms with Crippen molar-refractivity contribution in [1.82, 2.24) is 9.97 Å². The molecular weight excluding hydrogens is 350 g/mol. The molecule has 0 aliphatic heterocycles. The Balaban J connectivity index is 0.00000128. The Labute approximate surface area is 123 Å². The van der Waals surface area contributed by atoms with E-state index in [2.05, 4.69) is 38.0 Å². The van der Waals surface area contributed by atoms with E-state index in [-0.39, 0.29) is 29.0 Å². The minimum Gasteiger partial charge on any atom is -0.308 e. The molecule has 2 nitrogen and oxygen atoms in total. The summed E-state index contributed by atoms with van der Waals surface area (Å²) >= 11 is 14.8. The van der Waals surface area contributed by atoms with Crippen LogP contribution in [0.4, 0.5) is 0 Å². The Morgan fingerprint density at radius 2 is 2.00 bits per heavy atom. The minimum atomic E-state index is 0. The van der Waals surface area contributed by atoms with E-state index in [1.807, 2.05) is 12.1 Å². The second-order valence-electron chi connectivity index (χ2n) is 2.68. The van der Waals surface area contributed by atoms with Crippen LogP contribution in [0.1, 0.15) is 0 Å². The number of aromatic nitrogens is 2. The quantitative estimate of drug-likeness (QED) is 0.443. The maximum absolute atomic E-state index is 5.72. The van der Waals surface area contributed by atoms with Crippen molar-refractivity contribution in [3.8, 4) is 11.3 Å². The molecule has 0 bridgehead atoms. The number of nitrogens with zero attached hydrogens (tertiary/aromatic N) is 2. The first kappa shape index (κ1) is 14.0. The van der Waals surface area contributed by atoms with Crippen LogP contribution in [0.15, 0.2) is 22.7 Å². The number of rotatable bonds is 1. The van der Waals surface area contributed by atoms with E-state index in [1.54, 1.807) is 6.07 Å². The molecule has 2 aromatic rings. The third-order valence-electron chi connectivity index (χ3n) is 1.63. The molecule has 0 spiro atoms. The molecule has 1 aromatic heterocycles. The summed E-state index contributed by atoms with van der Waals surface area (Å²) in [5.41, 5.74) is 1.29. The average Bonchev–Trinajstić information content (AvgIpc) is 2.16. The van der Waals surface area contributed by atoms with Crippen LogP contribution < -0.4 is 0 Å². The third kappa shape index (κ3) is 3.47. The van der Waals surface area contributed by atoms with Crippen LogP contribution in [0.5, 0.6) is 0 Å². The molecule has 0 saturated carbocycles. The van der Waals surface area contributed by atoms with Crippen molar-refractivity contribution >= 4 is 39.1 Å². The molecule has 0 N–H and O–H groups in total. The number of halogens is 3. The van der Waals surface area contributed by atoms with E-state index in [9.17, 15) is 0 Å². The Morgan fingerprint density at radius 1 is 1.25 bits per heavy atom. The summed E-state index contributed by atoms with van der Waals surface area (Å²) in [5.74, 6) is 0. The van der Waals surface area contributed by atoms with Crippen molar-refractivity contribution in [3.63, 3.8) is 0 Å². The first-order valence-corrected chi connectivity index (χ1v) is 5.50. The molecule has 16 heavy (non-hydrogen) atoms.